The Morgan fingerprint density at radius 1 is 1.13 bits per heavy atom. The first kappa shape index (κ1) is 31.3. The Morgan fingerprint density at radius 2 is 1.96 bits per heavy atom. The molecule has 3 aromatic carbocycles. The van der Waals surface area contributed by atoms with E-state index < -0.39 is 5.97 Å². The summed E-state index contributed by atoms with van der Waals surface area (Å²) in [6.45, 7) is 8.77. The molecule has 0 bridgehead atoms. The van der Waals surface area contributed by atoms with Crippen LogP contribution in [0.25, 0.3) is 11.0 Å². The van der Waals surface area contributed by atoms with Crippen molar-refractivity contribution in [3.8, 4) is 11.8 Å². The molecule has 0 radical (unpaired) electrons. The van der Waals surface area contributed by atoms with Crippen LogP contribution in [0, 0.1) is 17.2 Å². The highest BCUT2D eigenvalue weighted by atomic mass is 35.5. The van der Waals surface area contributed by atoms with Gasteiger partial charge in [-0.05, 0) is 92.2 Å². The van der Waals surface area contributed by atoms with Crippen LogP contribution >= 0.6 is 11.6 Å². The van der Waals surface area contributed by atoms with Crippen molar-refractivity contribution in [2.75, 3.05) is 13.1 Å². The van der Waals surface area contributed by atoms with E-state index in [4.69, 9.17) is 21.3 Å². The minimum Gasteiger partial charge on any atom is -0.488 e. The molecular weight excluding hydrogens is 600 g/mol. The summed E-state index contributed by atoms with van der Waals surface area (Å²) in [5.41, 5.74) is 5.72. The molecule has 5 aromatic rings. The molecule has 9 nitrogen and oxygen atoms in total. The van der Waals surface area contributed by atoms with Gasteiger partial charge in [0.25, 0.3) is 0 Å². The van der Waals surface area contributed by atoms with Gasteiger partial charge in [-0.15, -0.1) is 0 Å². The number of carboxylic acid groups (broad SMARTS) is 1. The van der Waals surface area contributed by atoms with Gasteiger partial charge < -0.3 is 19.0 Å². The number of benzene rings is 3. The number of fused-ring (bicyclic) bond motifs is 1. The van der Waals surface area contributed by atoms with Crippen molar-refractivity contribution in [3.05, 3.63) is 112 Å². The van der Waals surface area contributed by atoms with Crippen LogP contribution in [0.5, 0.6) is 5.75 Å². The van der Waals surface area contributed by atoms with E-state index in [0.717, 1.165) is 60.6 Å². The molecule has 0 unspecified atom stereocenters. The predicted octanol–water partition coefficient (Wildman–Crippen LogP) is 7.12. The number of halogens is 1. The van der Waals surface area contributed by atoms with Crippen LogP contribution in [-0.2, 0) is 26.2 Å². The number of carboxylic acids is 1. The smallest absolute Gasteiger partial charge is 0.335 e. The summed E-state index contributed by atoms with van der Waals surface area (Å²) in [5, 5.41) is 19.6. The number of carbonyl (C=O) groups is 1. The number of aryl methyl sites for hydroxylation is 1. The molecule has 0 amide bonds. The molecule has 1 aliphatic heterocycles. The largest absolute Gasteiger partial charge is 0.488 e. The Balaban J connectivity index is 1.12. The highest BCUT2D eigenvalue weighted by Gasteiger charge is 2.26. The van der Waals surface area contributed by atoms with Gasteiger partial charge in [0.15, 0.2) is 0 Å². The highest BCUT2D eigenvalue weighted by molar-refractivity contribution is 6.30. The zero-order chi connectivity index (χ0) is 32.2. The summed E-state index contributed by atoms with van der Waals surface area (Å²) in [4.78, 5) is 23.5. The van der Waals surface area contributed by atoms with Gasteiger partial charge in [-0.25, -0.2) is 14.8 Å². The van der Waals surface area contributed by atoms with Crippen molar-refractivity contribution in [3.63, 3.8) is 0 Å². The lowest BCUT2D eigenvalue weighted by atomic mass is 9.81. The third kappa shape index (κ3) is 6.79. The number of rotatable bonds is 11. The average Bonchev–Trinajstić information content (AvgIpc) is 3.67. The summed E-state index contributed by atoms with van der Waals surface area (Å²) >= 11 is 6.03. The monoisotopic (exact) mass is 636 g/mol. The summed E-state index contributed by atoms with van der Waals surface area (Å²) < 4.78 is 10.2. The summed E-state index contributed by atoms with van der Waals surface area (Å²) in [7, 11) is 0. The standard InChI is InChI=1S/C36H37ClN6O3/c1-3-42-23-39-19-31(42)20-43-33-17-28(36(44)45)7-9-32(33)40-35(43)21-41-13-11-26(12-14-41)24(2)27-6-4-5-25(15-27)22-46-34-10-8-30(37)16-29(34)18-38/h4-10,15-17,19,23-24,26H,3,11-14,20-22H2,1-2H3,(H,44,45)/t24-/m0/s1. The first-order valence-corrected chi connectivity index (χ1v) is 16.1. The topological polar surface area (TPSA) is 109 Å². The van der Waals surface area contributed by atoms with E-state index in [0.29, 0.717) is 47.9 Å². The molecule has 1 fully saturated rings. The van der Waals surface area contributed by atoms with Crippen molar-refractivity contribution >= 4 is 28.6 Å². The molecule has 1 aliphatic rings. The van der Waals surface area contributed by atoms with Crippen molar-refractivity contribution in [1.29, 1.82) is 5.26 Å². The van der Waals surface area contributed by atoms with Crippen molar-refractivity contribution < 1.29 is 14.6 Å². The Hall–Kier alpha value is -4.65. The second-order valence-corrected chi connectivity index (χ2v) is 12.4. The second kappa shape index (κ2) is 13.8. The molecule has 10 heteroatoms. The number of aromatic nitrogens is 4. The Labute approximate surface area is 273 Å². The van der Waals surface area contributed by atoms with Gasteiger partial charge in [-0.2, -0.15) is 5.26 Å². The zero-order valence-electron chi connectivity index (χ0n) is 26.1. The highest BCUT2D eigenvalue weighted by Crippen LogP contribution is 2.34. The SMILES string of the molecule is CCn1cncc1Cn1c(CN2CCC([C@H](C)c3cccc(COc4ccc(Cl)cc4C#N)c3)CC2)nc2ccc(C(=O)O)cc21. The molecule has 0 aliphatic carbocycles. The van der Waals surface area contributed by atoms with E-state index in [2.05, 4.69) is 63.2 Å². The van der Waals surface area contributed by atoms with E-state index in [1.807, 2.05) is 12.5 Å². The van der Waals surface area contributed by atoms with Crippen LogP contribution < -0.4 is 4.74 Å². The number of imidazole rings is 2. The number of nitrogens with zero attached hydrogens (tertiary/aromatic N) is 6. The molecule has 1 atom stereocenters. The molecule has 46 heavy (non-hydrogen) atoms. The zero-order valence-corrected chi connectivity index (χ0v) is 26.8. The van der Waals surface area contributed by atoms with Crippen LogP contribution in [-0.4, -0.2) is 48.2 Å². The number of hydrogen-bond acceptors (Lipinski definition) is 6. The van der Waals surface area contributed by atoms with Crippen LogP contribution in [0.1, 0.15) is 71.2 Å². The molecule has 1 N–H and O–H groups in total. The fourth-order valence-corrected chi connectivity index (χ4v) is 6.63. The van der Waals surface area contributed by atoms with Crippen LogP contribution in [0.2, 0.25) is 5.02 Å². The Bertz CT molecular complexity index is 1900. The van der Waals surface area contributed by atoms with E-state index in [1.54, 1.807) is 36.4 Å². The summed E-state index contributed by atoms with van der Waals surface area (Å²) in [6.07, 6.45) is 5.85. The van der Waals surface area contributed by atoms with Gasteiger partial charge in [-0.3, -0.25) is 4.90 Å². The molecular formula is C36H37ClN6O3. The quantitative estimate of drug-likeness (QED) is 0.164. The molecule has 6 rings (SSSR count). The van der Waals surface area contributed by atoms with Gasteiger partial charge in [-0.1, -0.05) is 42.8 Å². The number of piperidine rings is 1. The molecule has 0 saturated carbocycles. The molecule has 1 saturated heterocycles. The van der Waals surface area contributed by atoms with Gasteiger partial charge >= 0.3 is 5.97 Å². The fourth-order valence-electron chi connectivity index (χ4n) is 6.46. The maximum atomic E-state index is 11.8. The van der Waals surface area contributed by atoms with E-state index in [1.165, 1.54) is 5.56 Å². The van der Waals surface area contributed by atoms with Crippen LogP contribution in [0.15, 0.2) is 73.2 Å². The van der Waals surface area contributed by atoms with Gasteiger partial charge in [0.05, 0.1) is 47.3 Å². The number of likely N-dealkylation sites (tertiary alicyclic amines) is 1. The lowest BCUT2D eigenvalue weighted by Crippen LogP contribution is -2.35. The van der Waals surface area contributed by atoms with Crippen molar-refractivity contribution in [2.24, 2.45) is 5.92 Å². The third-order valence-electron chi connectivity index (χ3n) is 9.17. The molecule has 0 spiro atoms. The second-order valence-electron chi connectivity index (χ2n) is 12.0. The predicted molar refractivity (Wildman–Crippen MR) is 177 cm³/mol. The maximum absolute atomic E-state index is 11.8. The van der Waals surface area contributed by atoms with Crippen LogP contribution in [0.3, 0.4) is 0 Å². The lowest BCUT2D eigenvalue weighted by molar-refractivity contribution is 0.0697. The molecule has 236 valence electrons. The molecule has 3 heterocycles. The van der Waals surface area contributed by atoms with E-state index >= 15 is 0 Å². The minimum absolute atomic E-state index is 0.256. The normalized spacial score (nSPS) is 14.7. The Kier molecular flexibility index (Phi) is 9.38. The first-order valence-electron chi connectivity index (χ1n) is 15.7. The number of nitriles is 1. The van der Waals surface area contributed by atoms with Gasteiger partial charge in [0, 0.05) is 17.8 Å². The number of hydrogen-bond donors (Lipinski definition) is 1. The van der Waals surface area contributed by atoms with E-state index in [9.17, 15) is 15.2 Å². The number of aromatic carboxylic acids is 1. The third-order valence-corrected chi connectivity index (χ3v) is 9.41. The summed E-state index contributed by atoms with van der Waals surface area (Å²) in [6, 6.07) is 20.9. The average molecular weight is 637 g/mol. The fraction of sp³-hybridized carbons (Fsp3) is 0.333. The Morgan fingerprint density at radius 3 is 2.72 bits per heavy atom. The first-order chi connectivity index (χ1) is 22.3. The van der Waals surface area contributed by atoms with Crippen molar-refractivity contribution in [1.82, 2.24) is 24.0 Å². The molecule has 2 aromatic heterocycles. The van der Waals surface area contributed by atoms with Crippen LogP contribution in [0.4, 0.5) is 0 Å². The van der Waals surface area contributed by atoms with E-state index in [-0.39, 0.29) is 5.56 Å². The van der Waals surface area contributed by atoms with Crippen molar-refractivity contribution in [2.45, 2.75) is 58.8 Å². The maximum Gasteiger partial charge on any atom is 0.335 e. The lowest BCUT2D eigenvalue weighted by Gasteiger charge is -2.35. The minimum atomic E-state index is -0.946. The van der Waals surface area contributed by atoms with Gasteiger partial charge in [0.1, 0.15) is 24.3 Å². The summed E-state index contributed by atoms with van der Waals surface area (Å²) in [5.74, 6) is 1.45. The number of ether oxygens (including phenoxy) is 1. The van der Waals surface area contributed by atoms with Gasteiger partial charge in [0.2, 0.25) is 0 Å².